The average Bonchev–Trinajstić information content (AvgIpc) is 4.04. The van der Waals surface area contributed by atoms with Crippen molar-refractivity contribution in [3.05, 3.63) is 126 Å². The number of aliphatic hydroxyl groups is 2. The lowest BCUT2D eigenvalue weighted by atomic mass is 10.1. The van der Waals surface area contributed by atoms with E-state index < -0.39 is 12.2 Å². The highest BCUT2D eigenvalue weighted by molar-refractivity contribution is 8.00. The number of benzene rings is 2. The Hall–Kier alpha value is -7.18. The fourth-order valence-corrected chi connectivity index (χ4v) is 8.80. The van der Waals surface area contributed by atoms with E-state index in [1.54, 1.807) is 64.5 Å². The molecule has 6 aromatic heterocycles. The maximum absolute atomic E-state index is 10.5. The molecule has 8 rings (SSSR count). The maximum atomic E-state index is 10.5. The lowest BCUT2D eigenvalue weighted by Crippen LogP contribution is -2.36. The molecular formula is C42H31N12O2S2+. The fourth-order valence-electron chi connectivity index (χ4n) is 6.63. The zero-order valence-electron chi connectivity index (χ0n) is 31.0. The largest absolute Gasteiger partial charge is 0.391 e. The molecule has 8 aromatic rings. The number of hydrogen-bond donors (Lipinski definition) is 2. The van der Waals surface area contributed by atoms with Crippen molar-refractivity contribution < 1.29 is 14.9 Å². The van der Waals surface area contributed by atoms with Gasteiger partial charge in [-0.3, -0.25) is 9.36 Å². The molecule has 2 atom stereocenters. The van der Waals surface area contributed by atoms with Crippen LogP contribution in [0.2, 0.25) is 0 Å². The monoisotopic (exact) mass is 799 g/mol. The van der Waals surface area contributed by atoms with Gasteiger partial charge >= 0.3 is 0 Å². The Bertz CT molecular complexity index is 3050. The number of nitrogens with zero attached hydrogens (tertiary/aromatic N) is 12. The molecule has 0 spiro atoms. The van der Waals surface area contributed by atoms with Gasteiger partial charge in [-0.2, -0.15) is 36.3 Å². The van der Waals surface area contributed by atoms with Crippen molar-refractivity contribution in [3.8, 4) is 52.2 Å². The number of aromatic nitrogens is 8. The van der Waals surface area contributed by atoms with Crippen LogP contribution in [0.4, 0.5) is 0 Å². The molecule has 2 aromatic carbocycles. The summed E-state index contributed by atoms with van der Waals surface area (Å²) >= 11 is 2.71. The van der Waals surface area contributed by atoms with E-state index in [9.17, 15) is 31.3 Å². The third kappa shape index (κ3) is 7.28. The van der Waals surface area contributed by atoms with E-state index in [-0.39, 0.29) is 0 Å². The number of fused-ring (bicyclic) bond motifs is 2. The summed E-state index contributed by atoms with van der Waals surface area (Å²) < 4.78 is 8.64. The van der Waals surface area contributed by atoms with Gasteiger partial charge < -0.3 is 10.2 Å². The summed E-state index contributed by atoms with van der Waals surface area (Å²) in [6.45, 7) is 4.03. The van der Waals surface area contributed by atoms with Crippen LogP contribution in [0, 0.1) is 45.3 Å². The molecule has 14 nitrogen and oxygen atoms in total. The zero-order valence-corrected chi connectivity index (χ0v) is 32.6. The summed E-state index contributed by atoms with van der Waals surface area (Å²) in [5, 5.41) is 73.9. The molecule has 2 N–H and O–H groups in total. The van der Waals surface area contributed by atoms with Crippen LogP contribution >= 0.6 is 23.5 Å². The minimum Gasteiger partial charge on any atom is -0.391 e. The lowest BCUT2D eigenvalue weighted by molar-refractivity contribution is -0.667. The molecule has 0 unspecified atom stereocenters. The topological polar surface area (TPSA) is 197 Å². The van der Waals surface area contributed by atoms with E-state index in [1.165, 1.54) is 29.7 Å². The number of pyridine rings is 2. The minimum absolute atomic E-state index is 0.312. The van der Waals surface area contributed by atoms with Crippen molar-refractivity contribution in [1.82, 2.24) is 33.7 Å². The third-order valence-electron chi connectivity index (χ3n) is 9.20. The Morgan fingerprint density at radius 2 is 1.19 bits per heavy atom. The molecule has 0 aliphatic carbocycles. The highest BCUT2D eigenvalue weighted by atomic mass is 32.2. The minimum atomic E-state index is -0.598. The summed E-state index contributed by atoms with van der Waals surface area (Å²) in [6.07, 6.45) is 12.9. The Morgan fingerprint density at radius 1 is 0.603 bits per heavy atom. The van der Waals surface area contributed by atoms with E-state index >= 15 is 0 Å². The number of aliphatic hydroxyl groups excluding tert-OH is 2. The first-order chi connectivity index (χ1) is 28.2. The maximum Gasteiger partial charge on any atom is 0.237 e. The van der Waals surface area contributed by atoms with Crippen LogP contribution in [-0.4, -0.2) is 56.1 Å². The highest BCUT2D eigenvalue weighted by Gasteiger charge is 2.26. The molecule has 0 aliphatic rings. The van der Waals surface area contributed by atoms with Crippen LogP contribution in [0.3, 0.4) is 0 Å². The summed E-state index contributed by atoms with van der Waals surface area (Å²) in [5.41, 5.74) is 6.57. The van der Waals surface area contributed by atoms with E-state index in [2.05, 4.69) is 39.6 Å². The molecule has 0 saturated carbocycles. The first kappa shape index (κ1) is 37.7. The zero-order chi connectivity index (χ0) is 40.5. The molecule has 0 bridgehead atoms. The summed E-state index contributed by atoms with van der Waals surface area (Å²) in [4.78, 5) is 2.79. The van der Waals surface area contributed by atoms with E-state index in [1.807, 2.05) is 70.4 Å². The third-order valence-corrected chi connectivity index (χ3v) is 11.4. The van der Waals surface area contributed by atoms with Gasteiger partial charge in [0.25, 0.3) is 0 Å². The smallest absolute Gasteiger partial charge is 0.237 e. The van der Waals surface area contributed by atoms with E-state index in [4.69, 9.17) is 0 Å². The van der Waals surface area contributed by atoms with Crippen molar-refractivity contribution in [2.75, 3.05) is 0 Å². The van der Waals surface area contributed by atoms with Gasteiger partial charge in [-0.05, 0) is 44.2 Å². The SMILES string of the molecule is C[C@H](O)Cn1cc(-c2cc(Sc3ccccc3C#N)c3c(C#N)c[n+](-c4ccc(Sc5cc(-c6cnn(C[C@@H](C)O)c6)cn6ncc(C#N)c56)c(C#N)c4)n3c2)cn1. The number of rotatable bonds is 11. The van der Waals surface area contributed by atoms with Gasteiger partial charge in [-0.25, -0.2) is 4.52 Å². The van der Waals surface area contributed by atoms with Gasteiger partial charge in [0.05, 0.1) is 72.3 Å². The molecule has 6 heterocycles. The van der Waals surface area contributed by atoms with Gasteiger partial charge in [0, 0.05) is 72.6 Å². The predicted molar refractivity (Wildman–Crippen MR) is 213 cm³/mol. The van der Waals surface area contributed by atoms with E-state index in [0.29, 0.717) is 61.9 Å². The molecule has 282 valence electrons. The van der Waals surface area contributed by atoms with Crippen molar-refractivity contribution in [2.45, 2.75) is 58.7 Å². The van der Waals surface area contributed by atoms with Crippen molar-refractivity contribution >= 4 is 34.6 Å². The Labute approximate surface area is 340 Å². The van der Waals surface area contributed by atoms with Crippen LogP contribution in [-0.2, 0) is 13.1 Å². The first-order valence-electron chi connectivity index (χ1n) is 17.9. The average molecular weight is 800 g/mol. The standard InChI is InChI=1S/C42H31N12O2S2/c1-26(55)19-50-21-34(17-47-50)30-10-39(41-32(14-45)16-49-52(41)23-30)58-38-8-7-36(9-29(38)13-44)53-25-33(15-46)42-40(57-37-6-4-3-5-28(37)12-43)11-31(24-54(42)53)35-18-48-51(22-35)20-27(2)56/h3-11,16-18,21-27,55-56H,19-20H2,1-2H3/q+1/t26-,27+/m1/s1. The summed E-state index contributed by atoms with van der Waals surface area (Å²) in [7, 11) is 0. The molecule has 16 heteroatoms. The molecule has 0 amide bonds. The Balaban J connectivity index is 1.24. The Morgan fingerprint density at radius 3 is 1.81 bits per heavy atom. The second-order valence-corrected chi connectivity index (χ2v) is 15.7. The molecule has 0 fully saturated rings. The quantitative estimate of drug-likeness (QED) is 0.143. The lowest BCUT2D eigenvalue weighted by Gasteiger charge is -2.10. The molecule has 0 aliphatic heterocycles. The first-order valence-corrected chi connectivity index (χ1v) is 19.5. The normalized spacial score (nSPS) is 12.2. The molecule has 0 radical (unpaired) electrons. The van der Waals surface area contributed by atoms with Crippen LogP contribution in [0.1, 0.15) is 36.1 Å². The Kier molecular flexibility index (Phi) is 10.2. The van der Waals surface area contributed by atoms with Gasteiger partial charge in [-0.15, -0.1) is 4.52 Å². The molecule has 58 heavy (non-hydrogen) atoms. The fraction of sp³-hybridized carbons (Fsp3) is 0.143. The summed E-state index contributed by atoms with van der Waals surface area (Å²) in [6, 6.07) is 25.8. The van der Waals surface area contributed by atoms with Gasteiger partial charge in [0.2, 0.25) is 11.9 Å². The van der Waals surface area contributed by atoms with Crippen molar-refractivity contribution in [3.63, 3.8) is 0 Å². The van der Waals surface area contributed by atoms with E-state index in [0.717, 1.165) is 32.0 Å². The second kappa shape index (κ2) is 15.8. The van der Waals surface area contributed by atoms with Gasteiger partial charge in [0.15, 0.2) is 0 Å². The van der Waals surface area contributed by atoms with Crippen LogP contribution < -0.4 is 4.68 Å². The molecule has 0 saturated heterocycles. The van der Waals surface area contributed by atoms with Crippen LogP contribution in [0.15, 0.2) is 124 Å². The van der Waals surface area contributed by atoms with Crippen LogP contribution in [0.25, 0.3) is 39.0 Å². The van der Waals surface area contributed by atoms with Crippen molar-refractivity contribution in [1.29, 1.82) is 21.0 Å². The van der Waals surface area contributed by atoms with Gasteiger partial charge in [0.1, 0.15) is 35.4 Å². The second-order valence-electron chi connectivity index (χ2n) is 13.5. The highest BCUT2D eigenvalue weighted by Crippen LogP contribution is 2.39. The number of nitriles is 4. The number of hydrogen-bond acceptors (Lipinski definition) is 11. The van der Waals surface area contributed by atoms with Crippen LogP contribution in [0.5, 0.6) is 0 Å². The molecular weight excluding hydrogens is 769 g/mol. The predicted octanol–water partition coefficient (Wildman–Crippen LogP) is 6.14. The van der Waals surface area contributed by atoms with Crippen molar-refractivity contribution in [2.24, 2.45) is 0 Å². The van der Waals surface area contributed by atoms with Gasteiger partial charge in [-0.1, -0.05) is 40.3 Å². The summed E-state index contributed by atoms with van der Waals surface area (Å²) in [5.74, 6) is 0.